The van der Waals surface area contributed by atoms with Crippen molar-refractivity contribution < 1.29 is 17.9 Å². The number of ether oxygens (including phenoxy) is 1. The second-order valence-corrected chi connectivity index (χ2v) is 7.83. The number of amides is 1. The van der Waals surface area contributed by atoms with Crippen LogP contribution in [0.2, 0.25) is 0 Å². The van der Waals surface area contributed by atoms with Crippen molar-refractivity contribution in [1.29, 1.82) is 0 Å². The van der Waals surface area contributed by atoms with E-state index < -0.39 is 15.9 Å². The molecule has 0 spiro atoms. The zero-order chi connectivity index (χ0) is 17.9. The average molecular weight is 347 g/mol. The van der Waals surface area contributed by atoms with Gasteiger partial charge in [-0.15, -0.1) is 0 Å². The van der Waals surface area contributed by atoms with Gasteiger partial charge in [0.1, 0.15) is 5.75 Å². The molecule has 0 saturated heterocycles. The number of sulfone groups is 1. The van der Waals surface area contributed by atoms with Crippen LogP contribution in [0.5, 0.6) is 5.75 Å². The molecule has 0 heterocycles. The zero-order valence-corrected chi connectivity index (χ0v) is 15.0. The highest BCUT2D eigenvalue weighted by molar-refractivity contribution is 7.90. The number of aryl methyl sites for hydroxylation is 2. The van der Waals surface area contributed by atoms with Gasteiger partial charge in [-0.25, -0.2) is 8.42 Å². The molecule has 0 aliphatic rings. The van der Waals surface area contributed by atoms with Gasteiger partial charge in [0.05, 0.1) is 4.90 Å². The van der Waals surface area contributed by atoms with E-state index >= 15 is 0 Å². The first-order valence-electron chi connectivity index (χ1n) is 7.52. The van der Waals surface area contributed by atoms with Crippen LogP contribution in [-0.2, 0) is 14.6 Å². The van der Waals surface area contributed by atoms with E-state index in [1.54, 1.807) is 32.0 Å². The summed E-state index contributed by atoms with van der Waals surface area (Å²) in [6.07, 6.45) is 0.417. The molecule has 1 amide bonds. The maximum Gasteiger partial charge on any atom is 0.265 e. The molecular formula is C18H21NO4S. The highest BCUT2D eigenvalue weighted by Gasteiger charge is 2.17. The number of rotatable bonds is 5. The minimum atomic E-state index is -3.33. The molecule has 6 heteroatoms. The van der Waals surface area contributed by atoms with Crippen LogP contribution in [0.3, 0.4) is 0 Å². The number of nitrogens with one attached hydrogen (secondary N) is 1. The topological polar surface area (TPSA) is 72.5 Å². The molecule has 0 aliphatic heterocycles. The van der Waals surface area contributed by atoms with Crippen molar-refractivity contribution in [3.05, 3.63) is 53.6 Å². The van der Waals surface area contributed by atoms with Crippen LogP contribution in [0.1, 0.15) is 18.1 Å². The average Bonchev–Trinajstić information content (AvgIpc) is 2.50. The number of carbonyl (C=O) groups is 1. The molecule has 128 valence electrons. The summed E-state index contributed by atoms with van der Waals surface area (Å²) < 4.78 is 28.9. The van der Waals surface area contributed by atoms with E-state index in [2.05, 4.69) is 5.32 Å². The number of carbonyl (C=O) groups excluding carboxylic acids is 1. The summed E-state index contributed by atoms with van der Waals surface area (Å²) in [5, 5.41) is 2.73. The Balaban J connectivity index is 2.12. The molecule has 24 heavy (non-hydrogen) atoms. The monoisotopic (exact) mass is 347 g/mol. The van der Waals surface area contributed by atoms with Crippen molar-refractivity contribution in [2.45, 2.75) is 31.8 Å². The Bertz CT molecular complexity index is 842. The summed E-state index contributed by atoms with van der Waals surface area (Å²) in [7, 11) is -3.33. The Morgan fingerprint density at radius 2 is 1.71 bits per heavy atom. The van der Waals surface area contributed by atoms with Crippen LogP contribution >= 0.6 is 0 Å². The Kier molecular flexibility index (Phi) is 5.29. The summed E-state index contributed by atoms with van der Waals surface area (Å²) in [5.74, 6) is 0.259. The first kappa shape index (κ1) is 18.0. The van der Waals surface area contributed by atoms with Crippen LogP contribution in [0.15, 0.2) is 47.4 Å². The van der Waals surface area contributed by atoms with Crippen molar-refractivity contribution in [3.63, 3.8) is 0 Å². The van der Waals surface area contributed by atoms with Gasteiger partial charge >= 0.3 is 0 Å². The van der Waals surface area contributed by atoms with E-state index in [0.717, 1.165) is 17.4 Å². The molecule has 2 aromatic carbocycles. The van der Waals surface area contributed by atoms with E-state index in [1.807, 2.05) is 19.1 Å². The van der Waals surface area contributed by atoms with Crippen LogP contribution in [0.25, 0.3) is 0 Å². The third kappa shape index (κ3) is 4.58. The van der Waals surface area contributed by atoms with Crippen molar-refractivity contribution in [3.8, 4) is 5.75 Å². The summed E-state index contributed by atoms with van der Waals surface area (Å²) >= 11 is 0. The highest BCUT2D eigenvalue weighted by atomic mass is 32.2. The van der Waals surface area contributed by atoms with Gasteiger partial charge in [0.2, 0.25) is 0 Å². The van der Waals surface area contributed by atoms with E-state index in [1.165, 1.54) is 12.1 Å². The third-order valence-electron chi connectivity index (χ3n) is 3.60. The molecular weight excluding hydrogens is 326 g/mol. The standard InChI is InChI=1S/C18H21NO4S/c1-12-5-8-15(9-6-12)23-14(3)18(20)19-17-11-16(24(4,21)22)10-7-13(17)2/h5-11,14H,1-4H3,(H,19,20)/t14-/m0/s1. The minimum absolute atomic E-state index is 0.163. The van der Waals surface area contributed by atoms with Gasteiger partial charge in [-0.3, -0.25) is 4.79 Å². The first-order chi connectivity index (χ1) is 11.2. The lowest BCUT2D eigenvalue weighted by Gasteiger charge is -2.16. The van der Waals surface area contributed by atoms with Crippen molar-refractivity contribution in [2.24, 2.45) is 0 Å². The molecule has 2 aromatic rings. The quantitative estimate of drug-likeness (QED) is 0.902. The molecule has 0 fully saturated rings. The maximum absolute atomic E-state index is 12.3. The Hall–Kier alpha value is -2.34. The van der Waals surface area contributed by atoms with Crippen molar-refractivity contribution in [2.75, 3.05) is 11.6 Å². The lowest BCUT2D eigenvalue weighted by Crippen LogP contribution is -2.30. The molecule has 0 aromatic heterocycles. The number of hydrogen-bond acceptors (Lipinski definition) is 4. The van der Waals surface area contributed by atoms with Gasteiger partial charge in [-0.2, -0.15) is 0 Å². The second kappa shape index (κ2) is 7.05. The van der Waals surface area contributed by atoms with Crippen LogP contribution < -0.4 is 10.1 Å². The molecule has 0 bridgehead atoms. The minimum Gasteiger partial charge on any atom is -0.481 e. The lowest BCUT2D eigenvalue weighted by molar-refractivity contribution is -0.122. The van der Waals surface area contributed by atoms with Gasteiger partial charge in [-0.05, 0) is 50.6 Å². The van der Waals surface area contributed by atoms with Crippen LogP contribution in [0.4, 0.5) is 5.69 Å². The normalized spacial score (nSPS) is 12.5. The van der Waals surface area contributed by atoms with Gasteiger partial charge < -0.3 is 10.1 Å². The molecule has 2 rings (SSSR count). The Morgan fingerprint density at radius 3 is 2.29 bits per heavy atom. The van der Waals surface area contributed by atoms with Gasteiger partial charge in [-0.1, -0.05) is 23.8 Å². The predicted octanol–water partition coefficient (Wildman–Crippen LogP) is 3.11. The SMILES string of the molecule is Cc1ccc(O[C@@H](C)C(=O)Nc2cc(S(C)(=O)=O)ccc2C)cc1. The molecule has 5 nitrogen and oxygen atoms in total. The number of hydrogen-bond donors (Lipinski definition) is 1. The summed E-state index contributed by atoms with van der Waals surface area (Å²) in [4.78, 5) is 12.5. The van der Waals surface area contributed by atoms with Gasteiger partial charge in [0.15, 0.2) is 15.9 Å². The largest absolute Gasteiger partial charge is 0.481 e. The molecule has 1 N–H and O–H groups in total. The fourth-order valence-electron chi connectivity index (χ4n) is 2.08. The smallest absolute Gasteiger partial charge is 0.265 e. The van der Waals surface area contributed by atoms with E-state index in [9.17, 15) is 13.2 Å². The molecule has 0 aliphatic carbocycles. The second-order valence-electron chi connectivity index (χ2n) is 5.81. The van der Waals surface area contributed by atoms with E-state index in [-0.39, 0.29) is 10.8 Å². The van der Waals surface area contributed by atoms with Crippen molar-refractivity contribution in [1.82, 2.24) is 0 Å². The van der Waals surface area contributed by atoms with Gasteiger partial charge in [0.25, 0.3) is 5.91 Å². The predicted molar refractivity (Wildman–Crippen MR) is 94.2 cm³/mol. The third-order valence-corrected chi connectivity index (χ3v) is 4.71. The van der Waals surface area contributed by atoms with E-state index in [0.29, 0.717) is 11.4 Å². The highest BCUT2D eigenvalue weighted by Crippen LogP contribution is 2.21. The Labute approximate surface area is 142 Å². The van der Waals surface area contributed by atoms with Crippen molar-refractivity contribution >= 4 is 21.4 Å². The summed E-state index contributed by atoms with van der Waals surface area (Å²) in [6, 6.07) is 12.0. The molecule has 0 radical (unpaired) electrons. The Morgan fingerprint density at radius 1 is 1.08 bits per heavy atom. The maximum atomic E-state index is 12.3. The molecule has 0 saturated carbocycles. The first-order valence-corrected chi connectivity index (χ1v) is 9.41. The van der Waals surface area contributed by atoms with Gasteiger partial charge in [0, 0.05) is 11.9 Å². The zero-order valence-electron chi connectivity index (χ0n) is 14.2. The lowest BCUT2D eigenvalue weighted by atomic mass is 10.2. The molecule has 0 unspecified atom stereocenters. The summed E-state index contributed by atoms with van der Waals surface area (Å²) in [6.45, 7) is 5.41. The molecule has 1 atom stereocenters. The fraction of sp³-hybridized carbons (Fsp3) is 0.278. The number of benzene rings is 2. The van der Waals surface area contributed by atoms with Crippen LogP contribution in [0, 0.1) is 13.8 Å². The van der Waals surface area contributed by atoms with Crippen LogP contribution in [-0.4, -0.2) is 26.7 Å². The fourth-order valence-corrected chi connectivity index (χ4v) is 2.72. The number of anilines is 1. The summed E-state index contributed by atoms with van der Waals surface area (Å²) in [5.41, 5.74) is 2.34. The van der Waals surface area contributed by atoms with E-state index in [4.69, 9.17) is 4.74 Å².